The molecular formula is C9H14N4O2. The molecule has 1 heterocycles. The third-order valence-electron chi connectivity index (χ3n) is 1.89. The first-order valence-corrected chi connectivity index (χ1v) is 4.64. The zero-order valence-electron chi connectivity index (χ0n) is 8.70. The molecule has 6 nitrogen and oxygen atoms in total. The molecule has 0 aliphatic heterocycles. The van der Waals surface area contributed by atoms with Crippen molar-refractivity contribution < 1.29 is 4.79 Å². The normalized spacial score (nSPS) is 12.1. The van der Waals surface area contributed by atoms with Crippen molar-refractivity contribution in [2.75, 3.05) is 18.9 Å². The van der Waals surface area contributed by atoms with Gasteiger partial charge in [-0.3, -0.25) is 9.59 Å². The van der Waals surface area contributed by atoms with Crippen LogP contribution >= 0.6 is 0 Å². The molecule has 1 aromatic rings. The molecule has 1 atom stereocenters. The van der Waals surface area contributed by atoms with Gasteiger partial charge >= 0.3 is 0 Å². The number of hydrogen-bond donors (Lipinski definition) is 3. The highest BCUT2D eigenvalue weighted by molar-refractivity contribution is 5.91. The minimum Gasteiger partial charge on any atom is -0.319 e. The van der Waals surface area contributed by atoms with Crippen LogP contribution < -0.4 is 16.2 Å². The van der Waals surface area contributed by atoms with Crippen LogP contribution in [0.3, 0.4) is 0 Å². The third-order valence-corrected chi connectivity index (χ3v) is 1.89. The van der Waals surface area contributed by atoms with Gasteiger partial charge < -0.3 is 10.6 Å². The van der Waals surface area contributed by atoms with Gasteiger partial charge in [0.25, 0.3) is 5.56 Å². The lowest BCUT2D eigenvalue weighted by molar-refractivity contribution is -0.119. The fraction of sp³-hybridized carbons (Fsp3) is 0.444. The van der Waals surface area contributed by atoms with Gasteiger partial charge in [0.1, 0.15) is 0 Å². The molecule has 1 rings (SSSR count). The van der Waals surface area contributed by atoms with Crippen LogP contribution in [-0.4, -0.2) is 29.7 Å². The van der Waals surface area contributed by atoms with Crippen LogP contribution in [0, 0.1) is 5.92 Å². The molecular weight excluding hydrogens is 196 g/mol. The van der Waals surface area contributed by atoms with Crippen molar-refractivity contribution in [1.82, 2.24) is 15.5 Å². The molecule has 0 saturated heterocycles. The van der Waals surface area contributed by atoms with E-state index in [0.717, 1.165) is 0 Å². The molecule has 3 N–H and O–H groups in total. The second-order valence-electron chi connectivity index (χ2n) is 3.25. The fourth-order valence-corrected chi connectivity index (χ4v) is 1.06. The second-order valence-corrected chi connectivity index (χ2v) is 3.25. The van der Waals surface area contributed by atoms with Crippen molar-refractivity contribution in [3.8, 4) is 0 Å². The first-order chi connectivity index (χ1) is 7.13. The zero-order valence-corrected chi connectivity index (χ0v) is 8.70. The van der Waals surface area contributed by atoms with E-state index in [9.17, 15) is 9.59 Å². The second kappa shape index (κ2) is 5.26. The van der Waals surface area contributed by atoms with Crippen LogP contribution in [0.15, 0.2) is 16.9 Å². The number of hydrogen-bond acceptors (Lipinski definition) is 4. The minimum absolute atomic E-state index is 0.135. The summed E-state index contributed by atoms with van der Waals surface area (Å²) in [4.78, 5) is 22.2. The number of H-pyrrole nitrogens is 1. The van der Waals surface area contributed by atoms with Crippen molar-refractivity contribution >= 4 is 11.7 Å². The molecule has 0 radical (unpaired) electrons. The standard InChI is InChI=1S/C9H14N4O2/c1-6(5-10-2)9(15)11-7-3-4-8(14)13-12-7/h3-4,6,10H,5H2,1-2H3,(H,13,14)(H,11,12,15). The van der Waals surface area contributed by atoms with Crippen molar-refractivity contribution in [2.24, 2.45) is 5.92 Å². The number of carbonyl (C=O) groups excluding carboxylic acids is 1. The summed E-state index contributed by atoms with van der Waals surface area (Å²) in [6, 6.07) is 2.77. The molecule has 82 valence electrons. The zero-order chi connectivity index (χ0) is 11.3. The van der Waals surface area contributed by atoms with E-state index < -0.39 is 0 Å². The van der Waals surface area contributed by atoms with E-state index in [0.29, 0.717) is 12.4 Å². The average molecular weight is 210 g/mol. The highest BCUT2D eigenvalue weighted by atomic mass is 16.2. The van der Waals surface area contributed by atoms with Gasteiger partial charge in [-0.05, 0) is 13.1 Å². The molecule has 0 aliphatic carbocycles. The third kappa shape index (κ3) is 3.51. The van der Waals surface area contributed by atoms with Crippen LogP contribution in [0.25, 0.3) is 0 Å². The van der Waals surface area contributed by atoms with Gasteiger partial charge in [0.15, 0.2) is 5.82 Å². The summed E-state index contributed by atoms with van der Waals surface area (Å²) in [7, 11) is 1.78. The Kier molecular flexibility index (Phi) is 3.99. The molecule has 0 aliphatic rings. The van der Waals surface area contributed by atoms with Gasteiger partial charge in [0, 0.05) is 18.5 Å². The van der Waals surface area contributed by atoms with E-state index in [2.05, 4.69) is 20.8 Å². The predicted octanol–water partition coefficient (Wildman–Crippen LogP) is -0.436. The van der Waals surface area contributed by atoms with Gasteiger partial charge in [-0.1, -0.05) is 6.92 Å². The lowest BCUT2D eigenvalue weighted by Crippen LogP contribution is -2.29. The SMILES string of the molecule is CNCC(C)C(=O)Nc1ccc(=O)[nH]n1. The van der Waals surface area contributed by atoms with E-state index in [-0.39, 0.29) is 17.4 Å². The fourth-order valence-electron chi connectivity index (χ4n) is 1.06. The Morgan fingerprint density at radius 3 is 2.87 bits per heavy atom. The Morgan fingerprint density at radius 1 is 1.60 bits per heavy atom. The number of aromatic nitrogens is 2. The van der Waals surface area contributed by atoms with Crippen LogP contribution in [-0.2, 0) is 4.79 Å². The Morgan fingerprint density at radius 2 is 2.33 bits per heavy atom. The summed E-state index contributed by atoms with van der Waals surface area (Å²) in [5.41, 5.74) is -0.295. The van der Waals surface area contributed by atoms with E-state index in [1.54, 1.807) is 14.0 Å². The van der Waals surface area contributed by atoms with Crippen LogP contribution in [0.5, 0.6) is 0 Å². The van der Waals surface area contributed by atoms with Gasteiger partial charge in [-0.25, -0.2) is 5.10 Å². The Bertz CT molecular complexity index is 367. The summed E-state index contributed by atoms with van der Waals surface area (Å²) >= 11 is 0. The van der Waals surface area contributed by atoms with Gasteiger partial charge in [0.05, 0.1) is 0 Å². The maximum Gasteiger partial charge on any atom is 0.264 e. The molecule has 0 saturated carbocycles. The smallest absolute Gasteiger partial charge is 0.264 e. The maximum atomic E-state index is 11.5. The van der Waals surface area contributed by atoms with Crippen molar-refractivity contribution in [3.63, 3.8) is 0 Å². The van der Waals surface area contributed by atoms with E-state index >= 15 is 0 Å². The van der Waals surface area contributed by atoms with Crippen LogP contribution in [0.2, 0.25) is 0 Å². The quantitative estimate of drug-likeness (QED) is 0.629. The van der Waals surface area contributed by atoms with Crippen molar-refractivity contribution in [1.29, 1.82) is 0 Å². The number of anilines is 1. The number of nitrogens with one attached hydrogen (secondary N) is 3. The molecule has 6 heteroatoms. The summed E-state index contributed by atoms with van der Waals surface area (Å²) in [6.07, 6.45) is 0. The molecule has 0 spiro atoms. The molecule has 1 amide bonds. The highest BCUT2D eigenvalue weighted by Crippen LogP contribution is 2.01. The molecule has 15 heavy (non-hydrogen) atoms. The van der Waals surface area contributed by atoms with Gasteiger partial charge in [-0.2, -0.15) is 5.10 Å². The molecule has 0 aromatic carbocycles. The summed E-state index contributed by atoms with van der Waals surface area (Å²) in [5.74, 6) is 0.0650. The minimum atomic E-state index is -0.295. The van der Waals surface area contributed by atoms with E-state index in [1.807, 2.05) is 0 Å². The largest absolute Gasteiger partial charge is 0.319 e. The van der Waals surface area contributed by atoms with E-state index in [4.69, 9.17) is 0 Å². The Labute approximate surface area is 87.1 Å². The van der Waals surface area contributed by atoms with Gasteiger partial charge in [-0.15, -0.1) is 0 Å². The average Bonchev–Trinajstić information content (AvgIpc) is 2.22. The predicted molar refractivity (Wildman–Crippen MR) is 56.6 cm³/mol. The van der Waals surface area contributed by atoms with Crippen molar-refractivity contribution in [2.45, 2.75) is 6.92 Å². The number of amides is 1. The first-order valence-electron chi connectivity index (χ1n) is 4.64. The summed E-state index contributed by atoms with van der Waals surface area (Å²) in [5, 5.41) is 11.4. The number of nitrogens with zero attached hydrogens (tertiary/aromatic N) is 1. The van der Waals surface area contributed by atoms with Crippen LogP contribution in [0.1, 0.15) is 6.92 Å². The number of aromatic amines is 1. The van der Waals surface area contributed by atoms with Gasteiger partial charge in [0.2, 0.25) is 5.91 Å². The van der Waals surface area contributed by atoms with E-state index in [1.165, 1.54) is 12.1 Å². The maximum absolute atomic E-state index is 11.5. The molecule has 0 bridgehead atoms. The topological polar surface area (TPSA) is 86.9 Å². The monoisotopic (exact) mass is 210 g/mol. The lowest BCUT2D eigenvalue weighted by atomic mass is 10.1. The molecule has 1 aromatic heterocycles. The van der Waals surface area contributed by atoms with Crippen molar-refractivity contribution in [3.05, 3.63) is 22.5 Å². The summed E-state index contributed by atoms with van der Waals surface area (Å²) in [6.45, 7) is 2.40. The Hall–Kier alpha value is -1.69. The molecule has 1 unspecified atom stereocenters. The number of carbonyl (C=O) groups is 1. The first kappa shape index (κ1) is 11.4. The van der Waals surface area contributed by atoms with Crippen LogP contribution in [0.4, 0.5) is 5.82 Å². The highest BCUT2D eigenvalue weighted by Gasteiger charge is 2.12. The number of rotatable bonds is 4. The summed E-state index contributed by atoms with van der Waals surface area (Å²) < 4.78 is 0. The Balaban J connectivity index is 2.58. The lowest BCUT2D eigenvalue weighted by Gasteiger charge is -2.10. The molecule has 0 fully saturated rings.